The molecule has 3 rings (SSSR count). The first-order valence-electron chi connectivity index (χ1n) is 8.61. The Balaban J connectivity index is 1.49. The Labute approximate surface area is 176 Å². The fourth-order valence-electron chi connectivity index (χ4n) is 2.55. The highest BCUT2D eigenvalue weighted by Crippen LogP contribution is 2.26. The Morgan fingerprint density at radius 2 is 1.89 bits per heavy atom. The molecule has 2 heterocycles. The van der Waals surface area contributed by atoms with E-state index in [-0.39, 0.29) is 18.2 Å². The van der Waals surface area contributed by atoms with Crippen LogP contribution in [0.4, 0.5) is 5.82 Å². The maximum atomic E-state index is 12.2. The molecular formula is C19H18Cl2N4O2S. The number of thiophene rings is 1. The molecule has 1 aromatic carbocycles. The van der Waals surface area contributed by atoms with Crippen LogP contribution in [-0.2, 0) is 11.3 Å². The van der Waals surface area contributed by atoms with E-state index in [9.17, 15) is 9.59 Å². The molecule has 0 radical (unpaired) electrons. The van der Waals surface area contributed by atoms with Crippen molar-refractivity contribution in [3.05, 3.63) is 68.5 Å². The standard InChI is InChI=1S/C19H18Cl2N4O2S/c20-14-4-1-5-15(21)13(14)12-25-17(8-10-23-25)24-18(26)7-2-9-22-19(27)16-6-3-11-28-16/h1,3-6,8,10-11H,2,7,9,12H2,(H,22,27)(H,24,26). The number of hydrogen-bond acceptors (Lipinski definition) is 4. The van der Waals surface area contributed by atoms with Crippen LogP contribution in [0.3, 0.4) is 0 Å². The second-order valence-corrected chi connectivity index (χ2v) is 7.72. The van der Waals surface area contributed by atoms with Gasteiger partial charge in [0.1, 0.15) is 5.82 Å². The molecule has 0 unspecified atom stereocenters. The van der Waals surface area contributed by atoms with Crippen LogP contribution in [0.1, 0.15) is 28.1 Å². The van der Waals surface area contributed by atoms with Gasteiger partial charge in [0, 0.05) is 34.6 Å². The molecule has 0 bridgehead atoms. The summed E-state index contributed by atoms with van der Waals surface area (Å²) in [6.45, 7) is 0.774. The lowest BCUT2D eigenvalue weighted by molar-refractivity contribution is -0.116. The van der Waals surface area contributed by atoms with E-state index >= 15 is 0 Å². The number of aromatic nitrogens is 2. The Bertz CT molecular complexity index is 937. The van der Waals surface area contributed by atoms with Gasteiger partial charge in [0.05, 0.1) is 17.6 Å². The van der Waals surface area contributed by atoms with E-state index in [0.717, 1.165) is 5.56 Å². The molecule has 2 N–H and O–H groups in total. The molecule has 2 amide bonds. The van der Waals surface area contributed by atoms with Gasteiger partial charge in [-0.15, -0.1) is 11.3 Å². The molecule has 146 valence electrons. The predicted octanol–water partition coefficient (Wildman–Crippen LogP) is 4.45. The Kier molecular flexibility index (Phi) is 7.08. The summed E-state index contributed by atoms with van der Waals surface area (Å²) < 4.78 is 1.63. The van der Waals surface area contributed by atoms with Crippen molar-refractivity contribution >= 4 is 52.2 Å². The van der Waals surface area contributed by atoms with Crippen LogP contribution in [0.25, 0.3) is 0 Å². The van der Waals surface area contributed by atoms with Crippen LogP contribution in [0.2, 0.25) is 10.0 Å². The zero-order valence-electron chi connectivity index (χ0n) is 14.8. The molecule has 0 fully saturated rings. The summed E-state index contributed by atoms with van der Waals surface area (Å²) in [5.41, 5.74) is 0.737. The number of hydrogen-bond donors (Lipinski definition) is 2. The van der Waals surface area contributed by atoms with Crippen molar-refractivity contribution in [2.75, 3.05) is 11.9 Å². The van der Waals surface area contributed by atoms with Crippen molar-refractivity contribution in [2.24, 2.45) is 0 Å². The number of nitrogens with zero attached hydrogens (tertiary/aromatic N) is 2. The molecule has 0 saturated heterocycles. The first-order valence-corrected chi connectivity index (χ1v) is 10.2. The highest BCUT2D eigenvalue weighted by atomic mass is 35.5. The zero-order chi connectivity index (χ0) is 19.9. The number of amides is 2. The minimum Gasteiger partial charge on any atom is -0.351 e. The molecule has 0 atom stereocenters. The molecule has 0 aliphatic heterocycles. The number of rotatable bonds is 8. The Morgan fingerprint density at radius 1 is 1.11 bits per heavy atom. The molecule has 3 aromatic rings. The molecular weight excluding hydrogens is 419 g/mol. The van der Waals surface area contributed by atoms with Gasteiger partial charge in [0.25, 0.3) is 5.91 Å². The number of halogens is 2. The summed E-state index contributed by atoms with van der Waals surface area (Å²) in [5, 5.41) is 12.8. The van der Waals surface area contributed by atoms with E-state index in [0.29, 0.717) is 40.3 Å². The van der Waals surface area contributed by atoms with Gasteiger partial charge in [0.2, 0.25) is 5.91 Å². The first-order chi connectivity index (χ1) is 13.5. The molecule has 9 heteroatoms. The summed E-state index contributed by atoms with van der Waals surface area (Å²) in [7, 11) is 0. The molecule has 0 aliphatic carbocycles. The van der Waals surface area contributed by atoms with Gasteiger partial charge in [-0.1, -0.05) is 35.3 Å². The van der Waals surface area contributed by atoms with Gasteiger partial charge in [-0.2, -0.15) is 5.10 Å². The Morgan fingerprint density at radius 3 is 2.61 bits per heavy atom. The average molecular weight is 437 g/mol. The summed E-state index contributed by atoms with van der Waals surface area (Å²) in [5.74, 6) is 0.283. The Hall–Kier alpha value is -2.35. The van der Waals surface area contributed by atoms with E-state index < -0.39 is 0 Å². The largest absolute Gasteiger partial charge is 0.351 e. The van der Waals surface area contributed by atoms with E-state index in [1.165, 1.54) is 11.3 Å². The van der Waals surface area contributed by atoms with Crippen molar-refractivity contribution in [3.63, 3.8) is 0 Å². The van der Waals surface area contributed by atoms with Gasteiger partial charge < -0.3 is 10.6 Å². The van der Waals surface area contributed by atoms with Crippen molar-refractivity contribution in [2.45, 2.75) is 19.4 Å². The number of carbonyl (C=O) groups excluding carboxylic acids is 2. The molecule has 6 nitrogen and oxygen atoms in total. The van der Waals surface area contributed by atoms with E-state index in [2.05, 4.69) is 15.7 Å². The van der Waals surface area contributed by atoms with Crippen LogP contribution in [0, 0.1) is 0 Å². The number of anilines is 1. The maximum Gasteiger partial charge on any atom is 0.261 e. The summed E-state index contributed by atoms with van der Waals surface area (Å²) in [6.07, 6.45) is 2.41. The van der Waals surface area contributed by atoms with Crippen molar-refractivity contribution in [3.8, 4) is 0 Å². The van der Waals surface area contributed by atoms with Gasteiger partial charge in [-0.3, -0.25) is 9.59 Å². The van der Waals surface area contributed by atoms with Crippen molar-refractivity contribution in [1.29, 1.82) is 0 Å². The third kappa shape index (κ3) is 5.34. The molecule has 0 aliphatic rings. The minimum atomic E-state index is -0.155. The van der Waals surface area contributed by atoms with Crippen LogP contribution in [0.15, 0.2) is 48.0 Å². The lowest BCUT2D eigenvalue weighted by atomic mass is 10.2. The third-order valence-corrected chi connectivity index (χ3v) is 5.54. The van der Waals surface area contributed by atoms with Crippen molar-refractivity contribution < 1.29 is 9.59 Å². The number of nitrogens with one attached hydrogen (secondary N) is 2. The van der Waals surface area contributed by atoms with Crippen LogP contribution < -0.4 is 10.6 Å². The fraction of sp³-hybridized carbons (Fsp3) is 0.211. The highest BCUT2D eigenvalue weighted by molar-refractivity contribution is 7.12. The third-order valence-electron chi connectivity index (χ3n) is 3.96. The minimum absolute atomic E-state index is 0.120. The summed E-state index contributed by atoms with van der Waals surface area (Å²) >= 11 is 13.8. The van der Waals surface area contributed by atoms with E-state index in [1.54, 1.807) is 41.2 Å². The van der Waals surface area contributed by atoms with Crippen LogP contribution >= 0.6 is 34.5 Å². The average Bonchev–Trinajstić information content (AvgIpc) is 3.34. The highest BCUT2D eigenvalue weighted by Gasteiger charge is 2.12. The second kappa shape index (κ2) is 9.73. The SMILES string of the molecule is O=C(CCCNC(=O)c1cccs1)Nc1ccnn1Cc1c(Cl)cccc1Cl. The maximum absolute atomic E-state index is 12.2. The number of benzene rings is 1. The van der Waals surface area contributed by atoms with E-state index in [1.807, 2.05) is 11.4 Å². The monoisotopic (exact) mass is 436 g/mol. The zero-order valence-corrected chi connectivity index (χ0v) is 17.2. The topological polar surface area (TPSA) is 76.0 Å². The van der Waals surface area contributed by atoms with Gasteiger partial charge in [-0.25, -0.2) is 4.68 Å². The van der Waals surface area contributed by atoms with E-state index in [4.69, 9.17) is 23.2 Å². The van der Waals surface area contributed by atoms with Gasteiger partial charge >= 0.3 is 0 Å². The quantitative estimate of drug-likeness (QED) is 0.512. The molecule has 2 aromatic heterocycles. The van der Waals surface area contributed by atoms with Crippen LogP contribution in [0.5, 0.6) is 0 Å². The lowest BCUT2D eigenvalue weighted by Gasteiger charge is -2.11. The molecule has 28 heavy (non-hydrogen) atoms. The normalized spacial score (nSPS) is 10.6. The summed E-state index contributed by atoms with van der Waals surface area (Å²) in [4.78, 5) is 24.7. The number of carbonyl (C=O) groups is 2. The van der Waals surface area contributed by atoms with Gasteiger partial charge in [0.15, 0.2) is 0 Å². The fourth-order valence-corrected chi connectivity index (χ4v) is 3.71. The second-order valence-electron chi connectivity index (χ2n) is 5.96. The lowest BCUT2D eigenvalue weighted by Crippen LogP contribution is -2.25. The summed E-state index contributed by atoms with van der Waals surface area (Å²) in [6, 6.07) is 10.6. The van der Waals surface area contributed by atoms with Crippen molar-refractivity contribution in [1.82, 2.24) is 15.1 Å². The predicted molar refractivity (Wildman–Crippen MR) is 112 cm³/mol. The van der Waals surface area contributed by atoms with Crippen LogP contribution in [-0.4, -0.2) is 28.1 Å². The molecule has 0 saturated carbocycles. The van der Waals surface area contributed by atoms with Gasteiger partial charge in [-0.05, 0) is 30.0 Å². The smallest absolute Gasteiger partial charge is 0.261 e. The molecule has 0 spiro atoms. The first kappa shape index (κ1) is 20.4.